The molecule has 11 nitrogen and oxygen atoms in total. The summed E-state index contributed by atoms with van der Waals surface area (Å²) < 4.78 is 45.0. The lowest BCUT2D eigenvalue weighted by Crippen LogP contribution is -2.47. The molecule has 1 aromatic heterocycles. The van der Waals surface area contributed by atoms with Crippen molar-refractivity contribution in [1.82, 2.24) is 10.1 Å². The molecule has 1 saturated heterocycles. The second-order valence-corrected chi connectivity index (χ2v) is 7.67. The fraction of sp³-hybridized carbons (Fsp3) is 0.381. The number of hydrogen-bond acceptors (Lipinski definition) is 9. The Morgan fingerprint density at radius 1 is 1.29 bits per heavy atom. The number of benzene rings is 1. The number of hydrogen-bond donors (Lipinski definition) is 3. The Labute approximate surface area is 191 Å². The maximum atomic E-state index is 15.0. The van der Waals surface area contributed by atoms with Crippen LogP contribution in [0.4, 0.5) is 19.3 Å². The second kappa shape index (κ2) is 9.75. The van der Waals surface area contributed by atoms with E-state index >= 15 is 0 Å². The highest BCUT2D eigenvalue weighted by atomic mass is 19.1. The van der Waals surface area contributed by atoms with Crippen molar-refractivity contribution in [3.8, 4) is 5.88 Å². The van der Waals surface area contributed by atoms with Gasteiger partial charge in [-0.05, 0) is 22.9 Å². The van der Waals surface area contributed by atoms with Gasteiger partial charge < -0.3 is 34.2 Å². The van der Waals surface area contributed by atoms with Crippen molar-refractivity contribution in [2.75, 3.05) is 37.7 Å². The van der Waals surface area contributed by atoms with Crippen molar-refractivity contribution in [2.24, 2.45) is 0 Å². The van der Waals surface area contributed by atoms with Gasteiger partial charge in [-0.2, -0.15) is 0 Å². The smallest absolute Gasteiger partial charge is 0.414 e. The average molecular weight is 481 g/mol. The van der Waals surface area contributed by atoms with Crippen LogP contribution in [0.2, 0.25) is 0 Å². The Morgan fingerprint density at radius 3 is 2.65 bits per heavy atom. The van der Waals surface area contributed by atoms with E-state index in [1.54, 1.807) is 0 Å². The number of aliphatic hydroxyl groups is 3. The lowest BCUT2D eigenvalue weighted by Gasteiger charge is -2.31. The van der Waals surface area contributed by atoms with Crippen LogP contribution >= 0.6 is 0 Å². The van der Waals surface area contributed by atoms with Crippen LogP contribution < -0.4 is 9.64 Å². The Balaban J connectivity index is 1.48. The number of halogens is 2. The van der Waals surface area contributed by atoms with Crippen molar-refractivity contribution in [3.63, 3.8) is 0 Å². The van der Waals surface area contributed by atoms with Crippen LogP contribution in [-0.4, -0.2) is 88.5 Å². The molecule has 1 fully saturated rings. The van der Waals surface area contributed by atoms with Crippen molar-refractivity contribution in [1.29, 1.82) is 0 Å². The molecule has 0 spiro atoms. The van der Waals surface area contributed by atoms with Gasteiger partial charge >= 0.3 is 6.09 Å². The maximum Gasteiger partial charge on any atom is 0.414 e. The summed E-state index contributed by atoms with van der Waals surface area (Å²) in [6.45, 7) is -1.32. The quantitative estimate of drug-likeness (QED) is 0.508. The summed E-state index contributed by atoms with van der Waals surface area (Å²) in [6, 6.07) is 3.36. The molecule has 13 heteroatoms. The number of rotatable bonds is 7. The monoisotopic (exact) mass is 481 g/mol. The van der Waals surface area contributed by atoms with Crippen LogP contribution in [0.1, 0.15) is 5.56 Å². The van der Waals surface area contributed by atoms with Gasteiger partial charge in [-0.3, -0.25) is 9.69 Å². The highest BCUT2D eigenvalue weighted by Crippen LogP contribution is 2.32. The SMILES string of the molecule is O=C([C@@H](O)CO)N1CC=C(c2c(F)cc(N3C[C@H](COc4ccon4)OC3=O)cc2F)C(O)C1. The summed E-state index contributed by atoms with van der Waals surface area (Å²) in [7, 11) is 0. The molecule has 1 aromatic carbocycles. The number of aromatic nitrogens is 1. The summed E-state index contributed by atoms with van der Waals surface area (Å²) >= 11 is 0. The van der Waals surface area contributed by atoms with Gasteiger partial charge in [0.2, 0.25) is 0 Å². The number of β-amino-alcohol motifs (C(OH)–C–C–N with tert-alkyl or cyclic N) is 1. The van der Waals surface area contributed by atoms with Crippen molar-refractivity contribution in [2.45, 2.75) is 18.3 Å². The van der Waals surface area contributed by atoms with E-state index < -0.39 is 54.1 Å². The molecule has 0 aliphatic carbocycles. The molecule has 34 heavy (non-hydrogen) atoms. The molecule has 1 unspecified atom stereocenters. The summed E-state index contributed by atoms with van der Waals surface area (Å²) in [5.74, 6) is -2.67. The number of anilines is 1. The normalized spacial score (nSPS) is 21.3. The zero-order chi connectivity index (χ0) is 24.4. The van der Waals surface area contributed by atoms with E-state index in [0.717, 1.165) is 21.9 Å². The third-order valence-electron chi connectivity index (χ3n) is 5.39. The molecule has 3 heterocycles. The fourth-order valence-corrected chi connectivity index (χ4v) is 3.73. The van der Waals surface area contributed by atoms with Gasteiger partial charge in [0.05, 0.1) is 37.1 Å². The summed E-state index contributed by atoms with van der Waals surface area (Å²) in [6.07, 6.45) is -2.04. The minimum absolute atomic E-state index is 0.0233. The van der Waals surface area contributed by atoms with E-state index in [4.69, 9.17) is 14.6 Å². The highest BCUT2D eigenvalue weighted by Gasteiger charge is 2.35. The predicted octanol–water partition coefficient (Wildman–Crippen LogP) is 0.297. The zero-order valence-corrected chi connectivity index (χ0v) is 17.6. The first kappa shape index (κ1) is 23.6. The van der Waals surface area contributed by atoms with Crippen LogP contribution in [0.3, 0.4) is 0 Å². The summed E-state index contributed by atoms with van der Waals surface area (Å²) in [5, 5.41) is 32.3. The van der Waals surface area contributed by atoms with Crippen molar-refractivity contribution < 1.29 is 47.7 Å². The minimum atomic E-state index is -1.65. The molecule has 2 amide bonds. The molecule has 3 N–H and O–H groups in total. The van der Waals surface area contributed by atoms with Gasteiger partial charge in [0, 0.05) is 12.6 Å². The Kier molecular flexibility index (Phi) is 6.77. The van der Waals surface area contributed by atoms with Crippen LogP contribution in [0.25, 0.3) is 5.57 Å². The third-order valence-corrected chi connectivity index (χ3v) is 5.39. The first-order chi connectivity index (χ1) is 16.3. The summed E-state index contributed by atoms with van der Waals surface area (Å²) in [5.41, 5.74) is -0.655. The molecular weight excluding hydrogens is 460 g/mol. The molecule has 4 rings (SSSR count). The van der Waals surface area contributed by atoms with Crippen LogP contribution in [-0.2, 0) is 9.53 Å². The molecular formula is C21H21F2N3O8. The van der Waals surface area contributed by atoms with E-state index in [0.29, 0.717) is 0 Å². The van der Waals surface area contributed by atoms with Crippen molar-refractivity contribution in [3.05, 3.63) is 47.7 Å². The first-order valence-corrected chi connectivity index (χ1v) is 10.2. The average Bonchev–Trinajstić information content (AvgIpc) is 3.46. The fourth-order valence-electron chi connectivity index (χ4n) is 3.73. The number of nitrogens with zero attached hydrogens (tertiary/aromatic N) is 3. The number of aliphatic hydroxyl groups excluding tert-OH is 3. The van der Waals surface area contributed by atoms with Crippen LogP contribution in [0.15, 0.2) is 35.1 Å². The molecule has 182 valence electrons. The maximum absolute atomic E-state index is 15.0. The molecule has 0 radical (unpaired) electrons. The van der Waals surface area contributed by atoms with Gasteiger partial charge in [0.25, 0.3) is 11.8 Å². The number of amides is 2. The van der Waals surface area contributed by atoms with Crippen molar-refractivity contribution >= 4 is 23.3 Å². The molecule has 2 aliphatic rings. The number of carbonyl (C=O) groups excluding carboxylic acids is 2. The Hall–Kier alpha value is -3.55. The lowest BCUT2D eigenvalue weighted by molar-refractivity contribution is -0.142. The van der Waals surface area contributed by atoms with E-state index in [1.165, 1.54) is 18.4 Å². The van der Waals surface area contributed by atoms with Gasteiger partial charge in [0.15, 0.2) is 12.2 Å². The number of carbonyl (C=O) groups is 2. The van der Waals surface area contributed by atoms with Gasteiger partial charge in [-0.1, -0.05) is 6.08 Å². The Morgan fingerprint density at radius 2 is 2.03 bits per heavy atom. The number of cyclic esters (lactones) is 1. The van der Waals surface area contributed by atoms with Gasteiger partial charge in [-0.15, -0.1) is 0 Å². The second-order valence-electron chi connectivity index (χ2n) is 7.67. The van der Waals surface area contributed by atoms with Gasteiger partial charge in [-0.25, -0.2) is 13.6 Å². The molecule has 0 saturated carbocycles. The Bertz CT molecular complexity index is 1070. The third kappa shape index (κ3) is 4.71. The summed E-state index contributed by atoms with van der Waals surface area (Å²) in [4.78, 5) is 26.3. The standard InChI is InChI=1S/C21H21F2N3O8/c22-14-5-11(26-7-12(34-21(26)31)10-32-18-2-4-33-24-18)6-15(23)19(14)13-1-3-25(8-16(13)28)20(30)17(29)9-27/h1-2,4-6,12,16-17,27-29H,3,7-10H2/t12-,16?,17+/m1/s1. The largest absolute Gasteiger partial charge is 0.471 e. The lowest BCUT2D eigenvalue weighted by atomic mass is 9.95. The van der Waals surface area contributed by atoms with Crippen LogP contribution in [0.5, 0.6) is 5.88 Å². The van der Waals surface area contributed by atoms with Gasteiger partial charge in [0.1, 0.15) is 24.5 Å². The molecule has 3 atom stereocenters. The van der Waals surface area contributed by atoms with Crippen LogP contribution in [0, 0.1) is 11.6 Å². The topological polar surface area (TPSA) is 146 Å². The zero-order valence-electron chi connectivity index (χ0n) is 17.6. The molecule has 2 aromatic rings. The molecule has 2 aliphatic heterocycles. The van der Waals surface area contributed by atoms with E-state index in [1.807, 2.05) is 0 Å². The van der Waals surface area contributed by atoms with E-state index in [9.17, 15) is 28.6 Å². The van der Waals surface area contributed by atoms with E-state index in [-0.39, 0.29) is 43.4 Å². The highest BCUT2D eigenvalue weighted by molar-refractivity contribution is 5.90. The molecule has 0 bridgehead atoms. The first-order valence-electron chi connectivity index (χ1n) is 10.2. The van der Waals surface area contributed by atoms with E-state index in [2.05, 4.69) is 9.68 Å². The minimum Gasteiger partial charge on any atom is -0.471 e. The number of ether oxygens (including phenoxy) is 2. The predicted molar refractivity (Wildman–Crippen MR) is 110 cm³/mol.